The van der Waals surface area contributed by atoms with Crippen molar-refractivity contribution in [2.75, 3.05) is 39.3 Å². The molecule has 2 aromatic carbocycles. The fraction of sp³-hybridized carbons (Fsp3) is 0.375. The van der Waals surface area contributed by atoms with Crippen LogP contribution in [0.5, 0.6) is 0 Å². The number of hydrogen-bond donors (Lipinski definition) is 2. The van der Waals surface area contributed by atoms with Crippen molar-refractivity contribution in [2.24, 2.45) is 0 Å². The van der Waals surface area contributed by atoms with E-state index in [1.165, 1.54) is 0 Å². The molecule has 3 rings (SSSR count). The molecular weight excluding hydrogens is 392 g/mol. The van der Waals surface area contributed by atoms with E-state index in [1.54, 1.807) is 11.0 Å². The minimum Gasteiger partial charge on any atom is -0.352 e. The molecule has 7 nitrogen and oxygen atoms in total. The molecule has 0 aromatic heterocycles. The van der Waals surface area contributed by atoms with E-state index in [0.717, 1.165) is 11.1 Å². The Balaban J connectivity index is 1.32. The molecule has 2 aromatic rings. The van der Waals surface area contributed by atoms with Gasteiger partial charge in [-0.1, -0.05) is 48.5 Å². The molecule has 1 aliphatic rings. The second-order valence-corrected chi connectivity index (χ2v) is 7.74. The molecule has 0 unspecified atom stereocenters. The van der Waals surface area contributed by atoms with Crippen LogP contribution in [0.25, 0.3) is 0 Å². The second kappa shape index (κ2) is 11.3. The molecule has 0 aliphatic carbocycles. The lowest BCUT2D eigenvalue weighted by atomic mass is 10.1. The molecule has 3 amide bonds. The maximum absolute atomic E-state index is 12.4. The first-order valence-corrected chi connectivity index (χ1v) is 10.7. The summed E-state index contributed by atoms with van der Waals surface area (Å²) in [6, 6.07) is 17.2. The number of piperazine rings is 1. The first-order chi connectivity index (χ1) is 15.0. The van der Waals surface area contributed by atoms with E-state index in [2.05, 4.69) is 15.5 Å². The lowest BCUT2D eigenvalue weighted by Crippen LogP contribution is -2.51. The number of rotatable bonds is 8. The van der Waals surface area contributed by atoms with Crippen molar-refractivity contribution >= 4 is 17.7 Å². The summed E-state index contributed by atoms with van der Waals surface area (Å²) in [5.41, 5.74) is 2.62. The lowest BCUT2D eigenvalue weighted by molar-refractivity contribution is -0.133. The predicted octanol–water partition coefficient (Wildman–Crippen LogP) is 1.58. The highest BCUT2D eigenvalue weighted by atomic mass is 16.2. The zero-order chi connectivity index (χ0) is 22.1. The molecule has 164 valence electrons. The number of carbonyl (C=O) groups excluding carboxylic acids is 3. The van der Waals surface area contributed by atoms with Gasteiger partial charge in [0.2, 0.25) is 11.8 Å². The molecule has 0 spiro atoms. The average Bonchev–Trinajstić information content (AvgIpc) is 2.79. The van der Waals surface area contributed by atoms with Crippen molar-refractivity contribution < 1.29 is 14.4 Å². The van der Waals surface area contributed by atoms with Gasteiger partial charge in [0.25, 0.3) is 5.91 Å². The summed E-state index contributed by atoms with van der Waals surface area (Å²) in [4.78, 5) is 40.7. The monoisotopic (exact) mass is 422 g/mol. The van der Waals surface area contributed by atoms with Crippen LogP contribution in [-0.4, -0.2) is 66.8 Å². The molecule has 1 fully saturated rings. The van der Waals surface area contributed by atoms with Gasteiger partial charge in [0.15, 0.2) is 0 Å². The molecule has 7 heteroatoms. The number of hydrogen-bond acceptors (Lipinski definition) is 4. The first kappa shape index (κ1) is 22.5. The number of nitrogens with zero attached hydrogens (tertiary/aromatic N) is 2. The summed E-state index contributed by atoms with van der Waals surface area (Å²) < 4.78 is 0. The molecule has 31 heavy (non-hydrogen) atoms. The number of carbonyl (C=O) groups is 3. The van der Waals surface area contributed by atoms with E-state index in [9.17, 15) is 14.4 Å². The van der Waals surface area contributed by atoms with Gasteiger partial charge >= 0.3 is 0 Å². The van der Waals surface area contributed by atoms with E-state index in [4.69, 9.17) is 0 Å². The van der Waals surface area contributed by atoms with E-state index >= 15 is 0 Å². The van der Waals surface area contributed by atoms with Gasteiger partial charge in [0.05, 0.1) is 6.54 Å². The van der Waals surface area contributed by atoms with Crippen LogP contribution in [0.4, 0.5) is 0 Å². The Hall–Kier alpha value is -3.19. The van der Waals surface area contributed by atoms with Gasteiger partial charge in [-0.05, 0) is 24.1 Å². The highest BCUT2D eigenvalue weighted by Crippen LogP contribution is 2.07. The predicted molar refractivity (Wildman–Crippen MR) is 119 cm³/mol. The van der Waals surface area contributed by atoms with Crippen molar-refractivity contribution in [1.29, 1.82) is 0 Å². The van der Waals surface area contributed by atoms with Gasteiger partial charge in [-0.3, -0.25) is 19.3 Å². The van der Waals surface area contributed by atoms with E-state index in [-0.39, 0.29) is 24.1 Å². The minimum atomic E-state index is -0.155. The zero-order valence-electron chi connectivity index (χ0n) is 18.0. The van der Waals surface area contributed by atoms with Crippen LogP contribution in [-0.2, 0) is 16.1 Å². The Labute approximate surface area is 183 Å². The molecule has 0 bridgehead atoms. The topological polar surface area (TPSA) is 81.8 Å². The molecular formula is C24H30N4O3. The quantitative estimate of drug-likeness (QED) is 0.677. The zero-order valence-corrected chi connectivity index (χ0v) is 18.0. The highest BCUT2D eigenvalue weighted by Gasteiger charge is 2.22. The summed E-state index contributed by atoms with van der Waals surface area (Å²) in [6.07, 6.45) is 0.273. The fourth-order valence-corrected chi connectivity index (χ4v) is 3.57. The number of nitrogens with one attached hydrogen (secondary N) is 2. The Morgan fingerprint density at radius 2 is 1.55 bits per heavy atom. The first-order valence-electron chi connectivity index (χ1n) is 10.7. The molecule has 2 N–H and O–H groups in total. The molecule has 1 saturated heterocycles. The summed E-state index contributed by atoms with van der Waals surface area (Å²) in [6.45, 7) is 5.58. The van der Waals surface area contributed by atoms with Gasteiger partial charge in [0, 0.05) is 51.3 Å². The maximum atomic E-state index is 12.4. The normalized spacial score (nSPS) is 14.2. The molecule has 1 aliphatic heterocycles. The highest BCUT2D eigenvalue weighted by molar-refractivity contribution is 5.95. The standard InChI is InChI=1S/C24H30N4O3/c1-19-7-5-6-10-21(19)24(31)25-12-11-23(30)28-15-13-27(14-16-28)18-22(29)26-17-20-8-3-2-4-9-20/h2-10H,11-18H2,1H3,(H,25,31)(H,26,29). The minimum absolute atomic E-state index is 0.0115. The molecule has 0 atom stereocenters. The van der Waals surface area contributed by atoms with E-state index in [0.29, 0.717) is 51.4 Å². The van der Waals surface area contributed by atoms with Gasteiger partial charge in [-0.15, -0.1) is 0 Å². The Kier molecular flexibility index (Phi) is 8.18. The van der Waals surface area contributed by atoms with Crippen molar-refractivity contribution in [3.63, 3.8) is 0 Å². The molecule has 1 heterocycles. The average molecular weight is 423 g/mol. The molecule has 0 saturated carbocycles. The third-order valence-corrected chi connectivity index (χ3v) is 5.44. The van der Waals surface area contributed by atoms with Crippen molar-refractivity contribution in [3.8, 4) is 0 Å². The smallest absolute Gasteiger partial charge is 0.251 e. The van der Waals surface area contributed by atoms with Crippen LogP contribution >= 0.6 is 0 Å². The number of aryl methyl sites for hydroxylation is 1. The van der Waals surface area contributed by atoms with Crippen LogP contribution in [0.3, 0.4) is 0 Å². The van der Waals surface area contributed by atoms with Crippen LogP contribution in [0, 0.1) is 6.92 Å². The Morgan fingerprint density at radius 1 is 0.871 bits per heavy atom. The Bertz CT molecular complexity index is 893. The fourth-order valence-electron chi connectivity index (χ4n) is 3.57. The van der Waals surface area contributed by atoms with Crippen LogP contribution in [0.15, 0.2) is 54.6 Å². The second-order valence-electron chi connectivity index (χ2n) is 7.74. The van der Waals surface area contributed by atoms with Crippen molar-refractivity contribution in [2.45, 2.75) is 19.9 Å². The largest absolute Gasteiger partial charge is 0.352 e. The van der Waals surface area contributed by atoms with Crippen LogP contribution < -0.4 is 10.6 Å². The number of amides is 3. The number of benzene rings is 2. The summed E-state index contributed by atoms with van der Waals surface area (Å²) in [5.74, 6) is -0.141. The SMILES string of the molecule is Cc1ccccc1C(=O)NCCC(=O)N1CCN(CC(=O)NCc2ccccc2)CC1. The third-order valence-electron chi connectivity index (χ3n) is 5.44. The van der Waals surface area contributed by atoms with Crippen LogP contribution in [0.1, 0.15) is 27.9 Å². The Morgan fingerprint density at radius 3 is 2.26 bits per heavy atom. The van der Waals surface area contributed by atoms with E-state index in [1.807, 2.05) is 55.5 Å². The van der Waals surface area contributed by atoms with Gasteiger partial charge < -0.3 is 15.5 Å². The summed E-state index contributed by atoms with van der Waals surface area (Å²) in [7, 11) is 0. The van der Waals surface area contributed by atoms with Gasteiger partial charge in [0.1, 0.15) is 0 Å². The molecule has 0 radical (unpaired) electrons. The van der Waals surface area contributed by atoms with Gasteiger partial charge in [-0.25, -0.2) is 0 Å². The maximum Gasteiger partial charge on any atom is 0.251 e. The lowest BCUT2D eigenvalue weighted by Gasteiger charge is -2.34. The van der Waals surface area contributed by atoms with E-state index < -0.39 is 0 Å². The third kappa shape index (κ3) is 6.93. The van der Waals surface area contributed by atoms with Crippen molar-refractivity contribution in [1.82, 2.24) is 20.4 Å². The van der Waals surface area contributed by atoms with Crippen molar-refractivity contribution in [3.05, 3.63) is 71.3 Å². The summed E-state index contributed by atoms with van der Waals surface area (Å²) >= 11 is 0. The van der Waals surface area contributed by atoms with Crippen LogP contribution in [0.2, 0.25) is 0 Å². The van der Waals surface area contributed by atoms with Gasteiger partial charge in [-0.2, -0.15) is 0 Å². The summed E-state index contributed by atoms with van der Waals surface area (Å²) in [5, 5.41) is 5.76.